The van der Waals surface area contributed by atoms with Crippen molar-refractivity contribution < 1.29 is 32.2 Å². The number of carbonyl (C=O) groups excluding carboxylic acids is 2. The first kappa shape index (κ1) is 19.0. The van der Waals surface area contributed by atoms with Gasteiger partial charge in [0.2, 0.25) is 0 Å². The van der Waals surface area contributed by atoms with Crippen LogP contribution >= 0.6 is 0 Å². The number of rotatable bonds is 7. The fraction of sp³-hybridized carbons (Fsp3) is 0.500. The van der Waals surface area contributed by atoms with Crippen LogP contribution in [0.2, 0.25) is 0 Å². The third-order valence-corrected chi connectivity index (χ3v) is 3.71. The molecule has 0 saturated heterocycles. The van der Waals surface area contributed by atoms with Crippen molar-refractivity contribution in [1.82, 2.24) is 0 Å². The van der Waals surface area contributed by atoms with Gasteiger partial charge >= 0.3 is 11.9 Å². The van der Waals surface area contributed by atoms with Crippen molar-refractivity contribution in [2.75, 3.05) is 6.61 Å². The summed E-state index contributed by atoms with van der Waals surface area (Å²) < 4.78 is 49.4. The molecule has 0 fully saturated rings. The normalized spacial score (nSPS) is 11.2. The zero-order valence-electron chi connectivity index (χ0n) is 13.3. The lowest BCUT2D eigenvalue weighted by atomic mass is 9.82. The fourth-order valence-electron chi connectivity index (χ4n) is 2.14. The molecule has 23 heavy (non-hydrogen) atoms. The minimum Gasteiger partial charge on any atom is -0.465 e. The van der Waals surface area contributed by atoms with Gasteiger partial charge in [-0.05, 0) is 25.8 Å². The molecule has 1 rings (SSSR count). The Balaban J connectivity index is 2.92. The zero-order chi connectivity index (χ0) is 17.6. The molecule has 7 heteroatoms. The van der Waals surface area contributed by atoms with Crippen molar-refractivity contribution in [3.8, 4) is 0 Å². The van der Waals surface area contributed by atoms with Gasteiger partial charge in [-0.2, -0.15) is 0 Å². The summed E-state index contributed by atoms with van der Waals surface area (Å²) in [5.41, 5.74) is -1.81. The Bertz CT molecular complexity index is 583. The van der Waals surface area contributed by atoms with Crippen molar-refractivity contribution in [2.24, 2.45) is 5.41 Å². The van der Waals surface area contributed by atoms with Crippen LogP contribution in [-0.4, -0.2) is 18.5 Å². The van der Waals surface area contributed by atoms with Crippen LogP contribution in [0.4, 0.5) is 13.2 Å². The van der Waals surface area contributed by atoms with Crippen LogP contribution in [0.25, 0.3) is 0 Å². The maximum Gasteiger partial charge on any atom is 0.323 e. The lowest BCUT2D eigenvalue weighted by Crippen LogP contribution is -2.41. The molecule has 0 radical (unpaired) electrons. The highest BCUT2D eigenvalue weighted by Gasteiger charge is 2.45. The predicted octanol–water partition coefficient (Wildman–Crippen LogP) is 3.52. The molecule has 0 aliphatic rings. The van der Waals surface area contributed by atoms with Gasteiger partial charge in [0.05, 0.1) is 6.61 Å². The monoisotopic (exact) mass is 332 g/mol. The lowest BCUT2D eigenvalue weighted by molar-refractivity contribution is -0.174. The smallest absolute Gasteiger partial charge is 0.323 e. The molecule has 0 bridgehead atoms. The first-order valence-electron chi connectivity index (χ1n) is 7.30. The summed E-state index contributed by atoms with van der Waals surface area (Å²) in [6.45, 7) is 4.35. The summed E-state index contributed by atoms with van der Waals surface area (Å²) in [4.78, 5) is 24.3. The molecule has 0 aromatic heterocycles. The van der Waals surface area contributed by atoms with Crippen molar-refractivity contribution in [2.45, 2.75) is 40.2 Å². The molecule has 0 saturated carbocycles. The SMILES string of the molecule is CCOC(=O)C(CC)(CC)C(=O)OCc1cc(F)c(F)cc1F. The van der Waals surface area contributed by atoms with E-state index in [2.05, 4.69) is 0 Å². The Hall–Kier alpha value is -2.05. The molecular formula is C16H19F3O4. The van der Waals surface area contributed by atoms with Gasteiger partial charge in [0.25, 0.3) is 0 Å². The van der Waals surface area contributed by atoms with Gasteiger partial charge in [-0.15, -0.1) is 0 Å². The third-order valence-electron chi connectivity index (χ3n) is 3.71. The Morgan fingerprint density at radius 2 is 1.43 bits per heavy atom. The number of benzene rings is 1. The standard InChI is InChI=1S/C16H19F3O4/c1-4-16(5-2,14(20)22-6-3)15(21)23-9-10-7-12(18)13(19)8-11(10)17/h7-8H,4-6,9H2,1-3H3. The average Bonchev–Trinajstić information content (AvgIpc) is 2.51. The van der Waals surface area contributed by atoms with Gasteiger partial charge in [-0.1, -0.05) is 13.8 Å². The maximum atomic E-state index is 13.5. The van der Waals surface area contributed by atoms with Crippen LogP contribution in [0.15, 0.2) is 12.1 Å². The molecule has 4 nitrogen and oxygen atoms in total. The first-order valence-corrected chi connectivity index (χ1v) is 7.30. The Morgan fingerprint density at radius 1 is 0.913 bits per heavy atom. The van der Waals surface area contributed by atoms with Crippen LogP contribution in [0.3, 0.4) is 0 Å². The van der Waals surface area contributed by atoms with E-state index in [1.807, 2.05) is 0 Å². The van der Waals surface area contributed by atoms with Crippen LogP contribution in [0.1, 0.15) is 39.2 Å². The Kier molecular flexibility index (Phi) is 6.60. The van der Waals surface area contributed by atoms with Crippen LogP contribution < -0.4 is 0 Å². The predicted molar refractivity (Wildman–Crippen MR) is 75.8 cm³/mol. The molecule has 0 atom stereocenters. The lowest BCUT2D eigenvalue weighted by Gasteiger charge is -2.26. The molecule has 0 aliphatic carbocycles. The van der Waals surface area contributed by atoms with E-state index in [1.165, 1.54) is 0 Å². The van der Waals surface area contributed by atoms with E-state index < -0.39 is 41.4 Å². The van der Waals surface area contributed by atoms with Gasteiger partial charge in [0.1, 0.15) is 12.4 Å². The van der Waals surface area contributed by atoms with E-state index in [0.29, 0.717) is 12.1 Å². The first-order chi connectivity index (χ1) is 10.8. The second-order valence-corrected chi connectivity index (χ2v) is 4.94. The second-order valence-electron chi connectivity index (χ2n) is 4.94. The summed E-state index contributed by atoms with van der Waals surface area (Å²) >= 11 is 0. The van der Waals surface area contributed by atoms with Crippen molar-refractivity contribution >= 4 is 11.9 Å². The van der Waals surface area contributed by atoms with Gasteiger partial charge in [-0.3, -0.25) is 9.59 Å². The number of hydrogen-bond acceptors (Lipinski definition) is 4. The van der Waals surface area contributed by atoms with E-state index in [-0.39, 0.29) is 25.0 Å². The summed E-state index contributed by atoms with van der Waals surface area (Å²) in [6, 6.07) is 0.985. The highest BCUT2D eigenvalue weighted by Crippen LogP contribution is 2.30. The van der Waals surface area contributed by atoms with Gasteiger partial charge in [-0.25, -0.2) is 13.2 Å². The minimum atomic E-state index is -1.49. The molecule has 1 aromatic rings. The van der Waals surface area contributed by atoms with Crippen molar-refractivity contribution in [3.05, 3.63) is 35.1 Å². The summed E-state index contributed by atoms with van der Waals surface area (Å²) in [5.74, 6) is -5.22. The molecular weight excluding hydrogens is 313 g/mol. The van der Waals surface area contributed by atoms with E-state index in [0.717, 1.165) is 0 Å². The van der Waals surface area contributed by atoms with Crippen LogP contribution in [0, 0.1) is 22.9 Å². The third kappa shape index (κ3) is 4.03. The molecule has 1 aromatic carbocycles. The van der Waals surface area contributed by atoms with Crippen LogP contribution in [0.5, 0.6) is 0 Å². The zero-order valence-corrected chi connectivity index (χ0v) is 13.3. The van der Waals surface area contributed by atoms with E-state index >= 15 is 0 Å². The van der Waals surface area contributed by atoms with Gasteiger partial charge < -0.3 is 9.47 Å². The number of halogens is 3. The summed E-state index contributed by atoms with van der Waals surface area (Å²) in [7, 11) is 0. The molecule has 0 spiro atoms. The number of ether oxygens (including phenoxy) is 2. The molecule has 0 aliphatic heterocycles. The fourth-order valence-corrected chi connectivity index (χ4v) is 2.14. The quantitative estimate of drug-likeness (QED) is 0.435. The largest absolute Gasteiger partial charge is 0.465 e. The number of esters is 2. The van der Waals surface area contributed by atoms with Crippen molar-refractivity contribution in [1.29, 1.82) is 0 Å². The van der Waals surface area contributed by atoms with E-state index in [1.54, 1.807) is 20.8 Å². The van der Waals surface area contributed by atoms with Crippen LogP contribution in [-0.2, 0) is 25.7 Å². The highest BCUT2D eigenvalue weighted by atomic mass is 19.2. The van der Waals surface area contributed by atoms with Gasteiger partial charge in [0.15, 0.2) is 17.0 Å². The molecule has 128 valence electrons. The summed E-state index contributed by atoms with van der Waals surface area (Å²) in [6.07, 6.45) is 0.281. The Labute approximate surface area is 132 Å². The van der Waals surface area contributed by atoms with E-state index in [9.17, 15) is 22.8 Å². The second kappa shape index (κ2) is 7.99. The number of carbonyl (C=O) groups is 2. The van der Waals surface area contributed by atoms with Gasteiger partial charge in [0, 0.05) is 11.6 Å². The average molecular weight is 332 g/mol. The Morgan fingerprint density at radius 3 is 1.96 bits per heavy atom. The number of hydrogen-bond donors (Lipinski definition) is 0. The molecule has 0 N–H and O–H groups in total. The molecule has 0 unspecified atom stereocenters. The summed E-state index contributed by atoms with van der Waals surface area (Å²) in [5, 5.41) is 0. The topological polar surface area (TPSA) is 52.6 Å². The molecule has 0 heterocycles. The maximum absolute atomic E-state index is 13.5. The van der Waals surface area contributed by atoms with E-state index in [4.69, 9.17) is 9.47 Å². The molecule has 0 amide bonds. The van der Waals surface area contributed by atoms with Crippen molar-refractivity contribution in [3.63, 3.8) is 0 Å². The highest BCUT2D eigenvalue weighted by molar-refractivity contribution is 5.99. The minimum absolute atomic E-state index is 0.103.